The molecule has 0 saturated heterocycles. The molecule has 0 unspecified atom stereocenters. The second kappa shape index (κ2) is 5.02. The molecule has 0 radical (unpaired) electrons. The minimum Gasteiger partial charge on any atom is -0.337 e. The number of rotatable bonds is 2. The number of allylic oxidation sites excluding steroid dienone is 1. The first-order valence-electron chi connectivity index (χ1n) is 6.40. The van der Waals surface area contributed by atoms with Crippen LogP contribution in [0.5, 0.6) is 0 Å². The molecule has 3 nitrogen and oxygen atoms in total. The number of para-hydroxylation sites is 2. The molecule has 0 aliphatic heterocycles. The van der Waals surface area contributed by atoms with Crippen molar-refractivity contribution in [1.29, 1.82) is 5.26 Å². The van der Waals surface area contributed by atoms with Crippen molar-refractivity contribution in [2.75, 3.05) is 0 Å². The van der Waals surface area contributed by atoms with Gasteiger partial charge in [-0.2, -0.15) is 5.26 Å². The van der Waals surface area contributed by atoms with E-state index in [2.05, 4.69) is 16.0 Å². The Morgan fingerprint density at radius 1 is 1.20 bits per heavy atom. The molecule has 0 fully saturated rings. The number of benzene rings is 2. The summed E-state index contributed by atoms with van der Waals surface area (Å²) in [4.78, 5) is 7.64. The van der Waals surface area contributed by atoms with Gasteiger partial charge in [0.2, 0.25) is 0 Å². The van der Waals surface area contributed by atoms with Crippen LogP contribution in [0.25, 0.3) is 22.7 Å². The number of hydrogen-bond acceptors (Lipinski definition) is 2. The molecule has 96 valence electrons. The Morgan fingerprint density at radius 2 is 2.05 bits per heavy atom. The van der Waals surface area contributed by atoms with E-state index in [0.29, 0.717) is 11.4 Å². The van der Waals surface area contributed by atoms with Crippen LogP contribution in [0.15, 0.2) is 48.5 Å². The number of aryl methyl sites for hydroxylation is 1. The van der Waals surface area contributed by atoms with Crippen LogP contribution in [0.3, 0.4) is 0 Å². The normalized spacial score (nSPS) is 11.5. The van der Waals surface area contributed by atoms with Gasteiger partial charge in [-0.3, -0.25) is 0 Å². The third kappa shape index (κ3) is 2.32. The number of nitrogens with zero attached hydrogens (tertiary/aromatic N) is 2. The minimum absolute atomic E-state index is 0.534. The lowest BCUT2D eigenvalue weighted by molar-refractivity contribution is 1.27. The maximum atomic E-state index is 9.36. The zero-order valence-electron chi connectivity index (χ0n) is 11.1. The van der Waals surface area contributed by atoms with Gasteiger partial charge in [-0.15, -0.1) is 0 Å². The third-order valence-electron chi connectivity index (χ3n) is 3.12. The molecule has 0 spiro atoms. The van der Waals surface area contributed by atoms with Crippen LogP contribution in [0, 0.1) is 18.3 Å². The minimum atomic E-state index is 0.534. The highest BCUT2D eigenvalue weighted by Crippen LogP contribution is 2.19. The van der Waals surface area contributed by atoms with Gasteiger partial charge in [-0.1, -0.05) is 42.0 Å². The Labute approximate surface area is 117 Å². The maximum Gasteiger partial charge on any atom is 0.149 e. The highest BCUT2D eigenvalue weighted by atomic mass is 14.9. The van der Waals surface area contributed by atoms with Crippen LogP contribution in [0.2, 0.25) is 0 Å². The van der Waals surface area contributed by atoms with E-state index in [1.165, 1.54) is 5.56 Å². The van der Waals surface area contributed by atoms with Crippen LogP contribution >= 0.6 is 0 Å². The molecule has 0 saturated carbocycles. The van der Waals surface area contributed by atoms with Gasteiger partial charge in [-0.05, 0) is 30.7 Å². The molecule has 0 aliphatic rings. The molecule has 0 aliphatic carbocycles. The van der Waals surface area contributed by atoms with Crippen molar-refractivity contribution in [3.05, 3.63) is 65.5 Å². The Morgan fingerprint density at radius 3 is 2.80 bits per heavy atom. The van der Waals surface area contributed by atoms with Gasteiger partial charge in [0.25, 0.3) is 0 Å². The highest BCUT2D eigenvalue weighted by molar-refractivity contribution is 5.90. The first-order valence-corrected chi connectivity index (χ1v) is 6.40. The van der Waals surface area contributed by atoms with Crippen molar-refractivity contribution >= 4 is 22.7 Å². The quantitative estimate of drug-likeness (QED) is 0.709. The van der Waals surface area contributed by atoms with E-state index in [4.69, 9.17) is 0 Å². The average Bonchev–Trinajstić information content (AvgIpc) is 2.88. The summed E-state index contributed by atoms with van der Waals surface area (Å²) >= 11 is 0. The second-order valence-corrected chi connectivity index (χ2v) is 4.69. The van der Waals surface area contributed by atoms with E-state index in [-0.39, 0.29) is 0 Å². The number of hydrogen-bond donors (Lipinski definition) is 1. The van der Waals surface area contributed by atoms with Crippen molar-refractivity contribution in [2.24, 2.45) is 0 Å². The Balaban J connectivity index is 2.07. The molecule has 3 heteroatoms. The van der Waals surface area contributed by atoms with Crippen molar-refractivity contribution in [2.45, 2.75) is 6.92 Å². The second-order valence-electron chi connectivity index (χ2n) is 4.69. The lowest BCUT2D eigenvalue weighted by atomic mass is 10.1. The standard InChI is InChI=1S/C17H13N3/c1-12-5-4-6-13(9-12)10-14(11-18)17-19-15-7-2-3-8-16(15)20-17/h2-10H,1H3,(H,19,20)/b14-10-. The number of H-pyrrole nitrogens is 1. The summed E-state index contributed by atoms with van der Waals surface area (Å²) in [6.45, 7) is 2.03. The van der Waals surface area contributed by atoms with Crippen molar-refractivity contribution in [3.63, 3.8) is 0 Å². The molecule has 20 heavy (non-hydrogen) atoms. The lowest BCUT2D eigenvalue weighted by Crippen LogP contribution is -1.85. The topological polar surface area (TPSA) is 52.5 Å². The van der Waals surface area contributed by atoms with Crippen molar-refractivity contribution < 1.29 is 0 Å². The van der Waals surface area contributed by atoms with Gasteiger partial charge in [0.05, 0.1) is 16.6 Å². The lowest BCUT2D eigenvalue weighted by Gasteiger charge is -1.97. The van der Waals surface area contributed by atoms with E-state index in [9.17, 15) is 5.26 Å². The van der Waals surface area contributed by atoms with Crippen molar-refractivity contribution in [3.8, 4) is 6.07 Å². The largest absolute Gasteiger partial charge is 0.337 e. The number of nitriles is 1. The maximum absolute atomic E-state index is 9.36. The first kappa shape index (κ1) is 12.2. The van der Waals surface area contributed by atoms with Gasteiger partial charge >= 0.3 is 0 Å². The molecule has 0 bridgehead atoms. The predicted octanol–water partition coefficient (Wildman–Crippen LogP) is 3.94. The fourth-order valence-corrected chi connectivity index (χ4v) is 2.16. The van der Waals surface area contributed by atoms with Gasteiger partial charge in [0, 0.05) is 0 Å². The van der Waals surface area contributed by atoms with E-state index < -0.39 is 0 Å². The summed E-state index contributed by atoms with van der Waals surface area (Å²) in [6.07, 6.45) is 1.85. The number of fused-ring (bicyclic) bond motifs is 1. The van der Waals surface area contributed by atoms with Gasteiger partial charge in [-0.25, -0.2) is 4.98 Å². The molecule has 3 aromatic rings. The fourth-order valence-electron chi connectivity index (χ4n) is 2.16. The number of aromatic amines is 1. The fraction of sp³-hybridized carbons (Fsp3) is 0.0588. The zero-order valence-corrected chi connectivity index (χ0v) is 11.1. The van der Waals surface area contributed by atoms with Crippen LogP contribution < -0.4 is 0 Å². The molecule has 0 atom stereocenters. The van der Waals surface area contributed by atoms with Gasteiger partial charge < -0.3 is 4.98 Å². The molecular formula is C17H13N3. The summed E-state index contributed by atoms with van der Waals surface area (Å²) < 4.78 is 0. The number of aromatic nitrogens is 2. The number of nitrogens with one attached hydrogen (secondary N) is 1. The smallest absolute Gasteiger partial charge is 0.149 e. The summed E-state index contributed by atoms with van der Waals surface area (Å²) in [5.74, 6) is 0.607. The van der Waals surface area contributed by atoms with Crippen LogP contribution in [0.1, 0.15) is 17.0 Å². The Kier molecular flexibility index (Phi) is 3.06. The van der Waals surface area contributed by atoms with Crippen LogP contribution in [-0.2, 0) is 0 Å². The third-order valence-corrected chi connectivity index (χ3v) is 3.12. The van der Waals surface area contributed by atoms with Gasteiger partial charge in [0.15, 0.2) is 0 Å². The first-order chi connectivity index (χ1) is 9.76. The van der Waals surface area contributed by atoms with E-state index in [0.717, 1.165) is 16.6 Å². The average molecular weight is 259 g/mol. The summed E-state index contributed by atoms with van der Waals surface area (Å²) in [5, 5.41) is 9.36. The predicted molar refractivity (Wildman–Crippen MR) is 80.8 cm³/mol. The van der Waals surface area contributed by atoms with E-state index in [1.54, 1.807) is 0 Å². The summed E-state index contributed by atoms with van der Waals surface area (Å²) in [6, 6.07) is 18.0. The summed E-state index contributed by atoms with van der Waals surface area (Å²) in [5.41, 5.74) is 4.51. The number of imidazole rings is 1. The van der Waals surface area contributed by atoms with Gasteiger partial charge in [0.1, 0.15) is 11.9 Å². The SMILES string of the molecule is Cc1cccc(/C=C(/C#N)c2nc3ccccc3[nH]2)c1. The van der Waals surface area contributed by atoms with Crippen LogP contribution in [0.4, 0.5) is 0 Å². The van der Waals surface area contributed by atoms with E-state index in [1.807, 2.05) is 61.5 Å². The van der Waals surface area contributed by atoms with E-state index >= 15 is 0 Å². The molecule has 1 heterocycles. The Hall–Kier alpha value is -2.86. The Bertz CT molecular complexity index is 802. The zero-order chi connectivity index (χ0) is 13.9. The van der Waals surface area contributed by atoms with Crippen LogP contribution in [-0.4, -0.2) is 9.97 Å². The molecule has 0 amide bonds. The molecule has 3 rings (SSSR count). The highest BCUT2D eigenvalue weighted by Gasteiger charge is 2.07. The molecule has 1 aromatic heterocycles. The summed E-state index contributed by atoms with van der Waals surface area (Å²) in [7, 11) is 0. The monoisotopic (exact) mass is 259 g/mol. The molecular weight excluding hydrogens is 246 g/mol. The van der Waals surface area contributed by atoms with Crippen molar-refractivity contribution in [1.82, 2.24) is 9.97 Å². The molecule has 1 N–H and O–H groups in total. The molecule has 2 aromatic carbocycles.